The van der Waals surface area contributed by atoms with Crippen LogP contribution >= 0.6 is 0 Å². The van der Waals surface area contributed by atoms with Gasteiger partial charge in [0.1, 0.15) is 0 Å². The van der Waals surface area contributed by atoms with E-state index in [1.165, 1.54) is 122 Å². The summed E-state index contributed by atoms with van der Waals surface area (Å²) in [7, 11) is -4.35. The molecule has 0 spiro atoms. The molecule has 46 heavy (non-hydrogen) atoms. The van der Waals surface area contributed by atoms with Crippen LogP contribution in [0.2, 0.25) is 0 Å². The molecule has 270 valence electrons. The Bertz CT molecular complexity index is 868. The van der Waals surface area contributed by atoms with E-state index in [1.807, 2.05) is 0 Å². The van der Waals surface area contributed by atoms with E-state index in [2.05, 4.69) is 43.5 Å². The molecular weight excluding hydrogens is 594 g/mol. The van der Waals surface area contributed by atoms with Gasteiger partial charge in [-0.05, 0) is 38.5 Å². The predicted octanol–water partition coefficient (Wildman–Crippen LogP) is 11.0. The number of rotatable bonds is 34. The van der Waals surface area contributed by atoms with Crippen LogP contribution in [0.15, 0.2) is 36.5 Å². The maximum atomic E-state index is 12.5. The van der Waals surface area contributed by atoms with Crippen molar-refractivity contribution in [3.63, 3.8) is 0 Å². The Morgan fingerprint density at radius 3 is 1.35 bits per heavy atom. The Morgan fingerprint density at radius 2 is 0.957 bits per heavy atom. The van der Waals surface area contributed by atoms with Crippen LogP contribution in [0.3, 0.4) is 0 Å². The smallest absolute Gasteiger partial charge is 0.267 e. The fourth-order valence-electron chi connectivity index (χ4n) is 5.72. The second kappa shape index (κ2) is 33.5. The van der Waals surface area contributed by atoms with Crippen molar-refractivity contribution in [2.24, 2.45) is 0 Å². The lowest BCUT2D eigenvalue weighted by Gasteiger charge is -2.21. The Morgan fingerprint density at radius 1 is 0.587 bits per heavy atom. The fourth-order valence-corrected chi connectivity index (χ4v) is 6.46. The van der Waals surface area contributed by atoms with Crippen molar-refractivity contribution in [1.29, 1.82) is 0 Å². The molecule has 0 aliphatic heterocycles. The van der Waals surface area contributed by atoms with Gasteiger partial charge in [0, 0.05) is 6.42 Å². The number of hydrogen-bond donors (Lipinski definition) is 3. The Hall–Kier alpha value is -1.44. The number of carbonyl (C=O) groups excluding carboxylic acids is 1. The molecule has 0 aliphatic rings. The van der Waals surface area contributed by atoms with E-state index >= 15 is 0 Å². The first-order valence-electron chi connectivity index (χ1n) is 19.2. The number of carbonyl (C=O) groups is 1. The highest BCUT2D eigenvalue weighted by Gasteiger charge is 2.24. The molecule has 7 heteroatoms. The molecule has 0 saturated heterocycles. The van der Waals surface area contributed by atoms with Gasteiger partial charge in [0.2, 0.25) is 5.91 Å². The van der Waals surface area contributed by atoms with Crippen LogP contribution in [-0.4, -0.2) is 41.9 Å². The van der Waals surface area contributed by atoms with Crippen LogP contribution in [0.1, 0.15) is 187 Å². The Kier molecular flexibility index (Phi) is 32.4. The monoisotopic (exact) mass is 668 g/mol. The highest BCUT2D eigenvalue weighted by atomic mass is 32.2. The van der Waals surface area contributed by atoms with Crippen molar-refractivity contribution >= 4 is 16.0 Å². The van der Waals surface area contributed by atoms with Crippen LogP contribution in [0.5, 0.6) is 0 Å². The summed E-state index contributed by atoms with van der Waals surface area (Å²) in [5.41, 5.74) is 0. The number of aliphatic hydroxyl groups is 1. The van der Waals surface area contributed by atoms with E-state index in [0.29, 0.717) is 6.42 Å². The lowest BCUT2D eigenvalue weighted by atomic mass is 10.0. The maximum absolute atomic E-state index is 12.5. The van der Waals surface area contributed by atoms with Gasteiger partial charge in [-0.3, -0.25) is 9.35 Å². The molecule has 0 rings (SSSR count). The minimum Gasteiger partial charge on any atom is -0.387 e. The van der Waals surface area contributed by atoms with Gasteiger partial charge < -0.3 is 10.4 Å². The topological polar surface area (TPSA) is 104 Å². The summed E-state index contributed by atoms with van der Waals surface area (Å²) >= 11 is 0. The number of hydrogen-bond acceptors (Lipinski definition) is 4. The summed E-state index contributed by atoms with van der Waals surface area (Å²) in [5, 5.41) is 13.1. The van der Waals surface area contributed by atoms with Crippen molar-refractivity contribution in [3.05, 3.63) is 36.5 Å². The van der Waals surface area contributed by atoms with Gasteiger partial charge in [0.15, 0.2) is 0 Å². The summed E-state index contributed by atoms with van der Waals surface area (Å²) in [6.07, 6.45) is 42.9. The van der Waals surface area contributed by atoms with Crippen LogP contribution in [0.25, 0.3) is 0 Å². The van der Waals surface area contributed by atoms with Gasteiger partial charge >= 0.3 is 0 Å². The molecule has 6 nitrogen and oxygen atoms in total. The summed E-state index contributed by atoms with van der Waals surface area (Å²) < 4.78 is 32.3. The fraction of sp³-hybridized carbons (Fsp3) is 0.821. The molecule has 0 saturated carbocycles. The molecule has 0 radical (unpaired) electrons. The molecule has 0 heterocycles. The molecule has 3 N–H and O–H groups in total. The lowest BCUT2D eigenvalue weighted by molar-refractivity contribution is -0.122. The normalized spacial score (nSPS) is 13.7. The number of nitrogens with one attached hydrogen (secondary N) is 1. The lowest BCUT2D eigenvalue weighted by Crippen LogP contribution is -2.46. The van der Waals surface area contributed by atoms with E-state index < -0.39 is 28.0 Å². The average molecular weight is 668 g/mol. The van der Waals surface area contributed by atoms with Crippen LogP contribution < -0.4 is 5.32 Å². The molecule has 0 aromatic heterocycles. The molecule has 0 bridgehead atoms. The molecule has 1 amide bonds. The maximum Gasteiger partial charge on any atom is 0.267 e. The molecule has 0 aliphatic carbocycles. The summed E-state index contributed by atoms with van der Waals surface area (Å²) in [6, 6.07) is -1.07. The number of unbranched alkanes of at least 4 members (excludes halogenated alkanes) is 22. The third-order valence-corrected chi connectivity index (χ3v) is 9.34. The molecule has 0 aromatic carbocycles. The van der Waals surface area contributed by atoms with Gasteiger partial charge in [-0.15, -0.1) is 0 Å². The van der Waals surface area contributed by atoms with Crippen molar-refractivity contribution in [1.82, 2.24) is 5.32 Å². The van der Waals surface area contributed by atoms with E-state index in [9.17, 15) is 22.9 Å². The Labute approximate surface area is 285 Å². The molecule has 0 fully saturated rings. The number of aliphatic hydroxyl groups excluding tert-OH is 1. The number of amides is 1. The van der Waals surface area contributed by atoms with Gasteiger partial charge in [-0.2, -0.15) is 8.42 Å². The first-order chi connectivity index (χ1) is 22.3. The van der Waals surface area contributed by atoms with Gasteiger partial charge in [0.25, 0.3) is 10.1 Å². The quantitative estimate of drug-likeness (QED) is 0.0360. The molecule has 0 aromatic rings. The van der Waals surface area contributed by atoms with Crippen molar-refractivity contribution in [3.8, 4) is 0 Å². The largest absolute Gasteiger partial charge is 0.387 e. The van der Waals surface area contributed by atoms with Crippen molar-refractivity contribution in [2.45, 2.75) is 199 Å². The van der Waals surface area contributed by atoms with Crippen molar-refractivity contribution in [2.75, 3.05) is 5.75 Å². The van der Waals surface area contributed by atoms with Crippen LogP contribution in [-0.2, 0) is 14.9 Å². The second-order valence-electron chi connectivity index (χ2n) is 13.2. The second-order valence-corrected chi connectivity index (χ2v) is 14.7. The minimum absolute atomic E-state index is 0.287. The zero-order valence-electron chi connectivity index (χ0n) is 29.9. The van der Waals surface area contributed by atoms with Gasteiger partial charge in [0.05, 0.1) is 17.9 Å². The van der Waals surface area contributed by atoms with E-state index in [4.69, 9.17) is 0 Å². The van der Waals surface area contributed by atoms with Gasteiger partial charge in [-0.1, -0.05) is 179 Å². The third kappa shape index (κ3) is 33.9. The van der Waals surface area contributed by atoms with E-state index in [-0.39, 0.29) is 12.3 Å². The molecule has 2 atom stereocenters. The standard InChI is InChI=1S/C39H73NO5S/c1-3-5-7-9-11-13-15-16-17-18-19-20-21-22-23-24-25-27-29-31-33-35-39(42)40-37(36-46(43,44)45)38(41)34-32-30-28-26-14-12-10-8-6-4-2/h6,8,14,26,32,34,37-38,41H,3-5,7,9-13,15-25,27-31,33,35-36H2,1-2H3,(H,40,42)(H,43,44,45)/b8-6+,26-14+,34-32+. The highest BCUT2D eigenvalue weighted by Crippen LogP contribution is 2.15. The van der Waals surface area contributed by atoms with Crippen molar-refractivity contribution < 1.29 is 22.9 Å². The van der Waals surface area contributed by atoms with E-state index in [0.717, 1.165) is 44.9 Å². The highest BCUT2D eigenvalue weighted by molar-refractivity contribution is 7.85. The predicted molar refractivity (Wildman–Crippen MR) is 198 cm³/mol. The average Bonchev–Trinajstić information content (AvgIpc) is 3.01. The SMILES string of the molecule is CC/C=C/CC/C=C/CC/C=C/C(O)C(CS(=O)(=O)O)NC(=O)CCCCCCCCCCCCCCCCCCCCCCC. The third-order valence-electron chi connectivity index (χ3n) is 8.56. The first kappa shape index (κ1) is 44.6. The molecule has 2 unspecified atom stereocenters. The summed E-state index contributed by atoms with van der Waals surface area (Å²) in [5.74, 6) is -1.01. The minimum atomic E-state index is -4.35. The number of allylic oxidation sites excluding steroid dienone is 5. The zero-order valence-corrected chi connectivity index (χ0v) is 30.8. The van der Waals surface area contributed by atoms with Gasteiger partial charge in [-0.25, -0.2) is 0 Å². The summed E-state index contributed by atoms with van der Waals surface area (Å²) in [6.45, 7) is 4.39. The summed E-state index contributed by atoms with van der Waals surface area (Å²) in [4.78, 5) is 12.5. The Balaban J connectivity index is 3.84. The first-order valence-corrected chi connectivity index (χ1v) is 20.8. The zero-order chi connectivity index (χ0) is 34.0. The van der Waals surface area contributed by atoms with Crippen LogP contribution in [0.4, 0.5) is 0 Å². The van der Waals surface area contributed by atoms with E-state index in [1.54, 1.807) is 6.08 Å². The molecular formula is C39H73NO5S. The van der Waals surface area contributed by atoms with Crippen LogP contribution in [0, 0.1) is 0 Å².